The lowest BCUT2D eigenvalue weighted by atomic mass is 9.91. The fourth-order valence-corrected chi connectivity index (χ4v) is 3.14. The Morgan fingerprint density at radius 3 is 2.19 bits per heavy atom. The molecule has 0 aromatic carbocycles. The van der Waals surface area contributed by atoms with Crippen molar-refractivity contribution in [1.29, 1.82) is 0 Å². The van der Waals surface area contributed by atoms with Crippen molar-refractivity contribution in [3.8, 4) is 0 Å². The van der Waals surface area contributed by atoms with Gasteiger partial charge in [-0.15, -0.1) is 0 Å². The molecule has 0 aliphatic carbocycles. The number of nitrogens with zero attached hydrogens (tertiary/aromatic N) is 1. The molecular formula is C13H24N2O. The van der Waals surface area contributed by atoms with E-state index < -0.39 is 0 Å². The van der Waals surface area contributed by atoms with Crippen molar-refractivity contribution in [2.75, 3.05) is 13.1 Å². The summed E-state index contributed by atoms with van der Waals surface area (Å²) >= 11 is 0. The third kappa shape index (κ3) is 2.40. The molecule has 2 fully saturated rings. The third-order valence-electron chi connectivity index (χ3n) is 4.14. The highest BCUT2D eigenvalue weighted by Crippen LogP contribution is 2.26. The maximum Gasteiger partial charge on any atom is 0.226 e. The standard InChI is InChI=1S/C13H24N2O/c1-10-4-3-5-11(2)15(10)13(16)12-6-8-14-9-7-12/h10-12,14H,3-9H2,1-2H3. The van der Waals surface area contributed by atoms with E-state index in [4.69, 9.17) is 0 Å². The molecule has 2 saturated heterocycles. The molecule has 2 unspecified atom stereocenters. The second-order valence-corrected chi connectivity index (χ2v) is 5.40. The highest BCUT2D eigenvalue weighted by molar-refractivity contribution is 5.79. The molecule has 2 aliphatic rings. The molecular weight excluding hydrogens is 200 g/mol. The summed E-state index contributed by atoms with van der Waals surface area (Å²) in [5, 5.41) is 3.32. The predicted octanol–water partition coefficient (Wildman–Crippen LogP) is 1.78. The largest absolute Gasteiger partial charge is 0.337 e. The number of nitrogens with one attached hydrogen (secondary N) is 1. The smallest absolute Gasteiger partial charge is 0.226 e. The van der Waals surface area contributed by atoms with E-state index in [1.54, 1.807) is 0 Å². The molecule has 2 rings (SSSR count). The average Bonchev–Trinajstić information content (AvgIpc) is 2.30. The van der Waals surface area contributed by atoms with Crippen LogP contribution in [0.2, 0.25) is 0 Å². The van der Waals surface area contributed by atoms with Gasteiger partial charge in [-0.05, 0) is 59.0 Å². The van der Waals surface area contributed by atoms with Gasteiger partial charge >= 0.3 is 0 Å². The molecule has 2 aliphatic heterocycles. The van der Waals surface area contributed by atoms with Crippen molar-refractivity contribution in [2.45, 2.75) is 58.0 Å². The molecule has 0 spiro atoms. The van der Waals surface area contributed by atoms with Gasteiger partial charge in [-0.1, -0.05) is 0 Å². The van der Waals surface area contributed by atoms with Crippen LogP contribution in [0.4, 0.5) is 0 Å². The average molecular weight is 224 g/mol. The normalized spacial score (nSPS) is 32.8. The van der Waals surface area contributed by atoms with Crippen LogP contribution in [-0.4, -0.2) is 36.0 Å². The van der Waals surface area contributed by atoms with E-state index in [0.717, 1.165) is 25.9 Å². The van der Waals surface area contributed by atoms with Crippen molar-refractivity contribution in [3.05, 3.63) is 0 Å². The van der Waals surface area contributed by atoms with Crippen LogP contribution in [0.1, 0.15) is 46.0 Å². The van der Waals surface area contributed by atoms with Gasteiger partial charge in [0.25, 0.3) is 0 Å². The summed E-state index contributed by atoms with van der Waals surface area (Å²) in [5.41, 5.74) is 0. The van der Waals surface area contributed by atoms with Gasteiger partial charge in [0.05, 0.1) is 0 Å². The molecule has 92 valence electrons. The molecule has 0 bridgehead atoms. The maximum atomic E-state index is 12.5. The molecule has 3 nitrogen and oxygen atoms in total. The number of hydrogen-bond acceptors (Lipinski definition) is 2. The van der Waals surface area contributed by atoms with E-state index in [1.807, 2.05) is 0 Å². The van der Waals surface area contributed by atoms with Crippen LogP contribution in [0.3, 0.4) is 0 Å². The van der Waals surface area contributed by atoms with Crippen LogP contribution in [0.5, 0.6) is 0 Å². The van der Waals surface area contributed by atoms with E-state index in [0.29, 0.717) is 18.0 Å². The zero-order chi connectivity index (χ0) is 11.5. The van der Waals surface area contributed by atoms with Crippen LogP contribution in [0.25, 0.3) is 0 Å². The molecule has 2 heterocycles. The van der Waals surface area contributed by atoms with E-state index >= 15 is 0 Å². The van der Waals surface area contributed by atoms with Gasteiger partial charge < -0.3 is 10.2 Å². The van der Waals surface area contributed by atoms with Gasteiger partial charge in [-0.25, -0.2) is 0 Å². The molecule has 1 N–H and O–H groups in total. The topological polar surface area (TPSA) is 32.3 Å². The number of amides is 1. The SMILES string of the molecule is CC1CCCC(C)N1C(=O)C1CCNCC1. The first kappa shape index (κ1) is 11.9. The minimum Gasteiger partial charge on any atom is -0.337 e. The molecule has 0 aromatic rings. The van der Waals surface area contributed by atoms with Gasteiger partial charge in [0.2, 0.25) is 5.91 Å². The number of likely N-dealkylation sites (tertiary alicyclic amines) is 1. The molecule has 3 heteroatoms. The second-order valence-electron chi connectivity index (χ2n) is 5.40. The van der Waals surface area contributed by atoms with Crippen LogP contribution >= 0.6 is 0 Å². The van der Waals surface area contributed by atoms with Crippen molar-refractivity contribution in [2.24, 2.45) is 5.92 Å². The fraction of sp³-hybridized carbons (Fsp3) is 0.923. The Hall–Kier alpha value is -0.570. The Morgan fingerprint density at radius 2 is 1.62 bits per heavy atom. The first-order valence-corrected chi connectivity index (χ1v) is 6.73. The molecule has 2 atom stereocenters. The maximum absolute atomic E-state index is 12.5. The van der Waals surface area contributed by atoms with Gasteiger partial charge in [0.15, 0.2) is 0 Å². The predicted molar refractivity (Wildman–Crippen MR) is 65.2 cm³/mol. The van der Waals surface area contributed by atoms with Crippen molar-refractivity contribution in [1.82, 2.24) is 10.2 Å². The summed E-state index contributed by atoms with van der Waals surface area (Å²) in [7, 11) is 0. The summed E-state index contributed by atoms with van der Waals surface area (Å²) in [4.78, 5) is 14.6. The molecule has 0 aromatic heterocycles. The summed E-state index contributed by atoms with van der Waals surface area (Å²) in [5.74, 6) is 0.699. The number of hydrogen-bond donors (Lipinski definition) is 1. The Kier molecular flexibility index (Phi) is 3.85. The van der Waals surface area contributed by atoms with Crippen molar-refractivity contribution in [3.63, 3.8) is 0 Å². The van der Waals surface area contributed by atoms with Gasteiger partial charge in [0, 0.05) is 18.0 Å². The third-order valence-corrected chi connectivity index (χ3v) is 4.14. The monoisotopic (exact) mass is 224 g/mol. The lowest BCUT2D eigenvalue weighted by molar-refractivity contribution is -0.142. The quantitative estimate of drug-likeness (QED) is 0.736. The number of carbonyl (C=O) groups excluding carboxylic acids is 1. The Labute approximate surface area is 98.6 Å². The first-order valence-electron chi connectivity index (χ1n) is 6.73. The van der Waals surface area contributed by atoms with E-state index in [9.17, 15) is 4.79 Å². The van der Waals surface area contributed by atoms with Gasteiger partial charge in [-0.2, -0.15) is 0 Å². The summed E-state index contributed by atoms with van der Waals surface area (Å²) in [6.45, 7) is 6.42. The first-order chi connectivity index (χ1) is 7.70. The molecule has 16 heavy (non-hydrogen) atoms. The molecule has 1 amide bonds. The Bertz CT molecular complexity index is 238. The number of rotatable bonds is 1. The van der Waals surface area contributed by atoms with Gasteiger partial charge in [0.1, 0.15) is 0 Å². The zero-order valence-electron chi connectivity index (χ0n) is 10.5. The van der Waals surface area contributed by atoms with E-state index in [2.05, 4.69) is 24.1 Å². The summed E-state index contributed by atoms with van der Waals surface area (Å²) < 4.78 is 0. The lowest BCUT2D eigenvalue weighted by Gasteiger charge is -2.41. The summed E-state index contributed by atoms with van der Waals surface area (Å²) in [6.07, 6.45) is 5.68. The van der Waals surface area contributed by atoms with Crippen molar-refractivity contribution < 1.29 is 4.79 Å². The highest BCUT2D eigenvalue weighted by atomic mass is 16.2. The van der Waals surface area contributed by atoms with Crippen LogP contribution in [0, 0.1) is 5.92 Å². The van der Waals surface area contributed by atoms with Crippen LogP contribution < -0.4 is 5.32 Å². The second kappa shape index (κ2) is 5.17. The molecule has 0 saturated carbocycles. The number of carbonyl (C=O) groups is 1. The minimum atomic E-state index is 0.282. The number of piperidine rings is 2. The van der Waals surface area contributed by atoms with Gasteiger partial charge in [-0.3, -0.25) is 4.79 Å². The van der Waals surface area contributed by atoms with Crippen LogP contribution in [-0.2, 0) is 4.79 Å². The van der Waals surface area contributed by atoms with E-state index in [-0.39, 0.29) is 5.92 Å². The van der Waals surface area contributed by atoms with Crippen LogP contribution in [0.15, 0.2) is 0 Å². The Morgan fingerprint density at radius 1 is 1.06 bits per heavy atom. The molecule has 0 radical (unpaired) electrons. The minimum absolute atomic E-state index is 0.282. The Balaban J connectivity index is 2.00. The van der Waals surface area contributed by atoms with Crippen molar-refractivity contribution >= 4 is 5.91 Å². The highest BCUT2D eigenvalue weighted by Gasteiger charge is 2.33. The zero-order valence-corrected chi connectivity index (χ0v) is 10.5. The fourth-order valence-electron chi connectivity index (χ4n) is 3.14. The summed E-state index contributed by atoms with van der Waals surface area (Å²) in [6, 6.07) is 0.900. The van der Waals surface area contributed by atoms with E-state index in [1.165, 1.54) is 19.3 Å². The lowest BCUT2D eigenvalue weighted by Crippen LogP contribution is -2.51.